The summed E-state index contributed by atoms with van der Waals surface area (Å²) in [5.41, 5.74) is 1.88. The fourth-order valence-electron chi connectivity index (χ4n) is 6.39. The van der Waals surface area contributed by atoms with Crippen LogP contribution in [0.3, 0.4) is 0 Å². The van der Waals surface area contributed by atoms with E-state index in [1.54, 1.807) is 0 Å². The van der Waals surface area contributed by atoms with E-state index >= 15 is 0 Å². The van der Waals surface area contributed by atoms with Gasteiger partial charge in [-0.2, -0.15) is 0 Å². The number of piperazine rings is 1. The number of rotatable bonds is 13. The fraction of sp³-hybridized carbons (Fsp3) is 0.871. The van der Waals surface area contributed by atoms with Crippen molar-refractivity contribution in [1.82, 2.24) is 20.0 Å². The normalized spacial score (nSPS) is 23.3. The fourth-order valence-corrected chi connectivity index (χ4v) is 6.39. The van der Waals surface area contributed by atoms with Crippen molar-refractivity contribution in [3.63, 3.8) is 0 Å². The number of carbonyl (C=O) groups excluding carboxylic acids is 2. The Morgan fingerprint density at radius 2 is 1.73 bits per heavy atom. The van der Waals surface area contributed by atoms with Gasteiger partial charge in [-0.05, 0) is 41.9 Å². The van der Waals surface area contributed by atoms with Crippen LogP contribution in [0, 0.1) is 22.7 Å². The maximum Gasteiger partial charge on any atom is 0.317 e. The van der Waals surface area contributed by atoms with E-state index < -0.39 is 0 Å². The SMILES string of the molecule is CCCCCCCCNC(=O)N(CCN1CCN(C(=O)CC(C)(C)C)CC1)CC1=CCC2CC1C2(C)C. The average Bonchev–Trinajstić information content (AvgIpc) is 2.85. The third kappa shape index (κ3) is 8.73. The van der Waals surface area contributed by atoms with Crippen molar-refractivity contribution in [2.45, 2.75) is 99.3 Å². The minimum Gasteiger partial charge on any atom is -0.340 e. The summed E-state index contributed by atoms with van der Waals surface area (Å²) < 4.78 is 0. The van der Waals surface area contributed by atoms with Gasteiger partial charge in [0.05, 0.1) is 0 Å². The molecule has 6 nitrogen and oxygen atoms in total. The first-order valence-electron chi connectivity index (χ1n) is 15.2. The molecule has 3 amide bonds. The van der Waals surface area contributed by atoms with Crippen LogP contribution in [0.2, 0.25) is 0 Å². The lowest BCUT2D eigenvalue weighted by molar-refractivity contribution is -0.134. The van der Waals surface area contributed by atoms with Crippen LogP contribution in [0.1, 0.15) is 99.3 Å². The third-order valence-corrected chi connectivity index (χ3v) is 9.14. The van der Waals surface area contributed by atoms with Gasteiger partial charge in [0, 0.05) is 58.8 Å². The van der Waals surface area contributed by atoms with Crippen LogP contribution in [0.5, 0.6) is 0 Å². The number of hydrogen-bond donors (Lipinski definition) is 1. The van der Waals surface area contributed by atoms with Crippen LogP contribution in [-0.2, 0) is 4.79 Å². The zero-order chi connectivity index (χ0) is 27.1. The molecule has 4 aliphatic rings. The molecule has 6 heteroatoms. The highest BCUT2D eigenvalue weighted by molar-refractivity contribution is 5.77. The molecule has 2 unspecified atom stereocenters. The molecule has 0 spiro atoms. The minimum absolute atomic E-state index is 0.0282. The highest BCUT2D eigenvalue weighted by atomic mass is 16.2. The molecule has 37 heavy (non-hydrogen) atoms. The molecule has 212 valence electrons. The highest BCUT2D eigenvalue weighted by Crippen LogP contribution is 2.59. The Bertz CT molecular complexity index is 777. The van der Waals surface area contributed by atoms with Gasteiger partial charge in [0.1, 0.15) is 0 Å². The van der Waals surface area contributed by atoms with E-state index in [2.05, 4.69) is 62.7 Å². The Labute approximate surface area is 227 Å². The largest absolute Gasteiger partial charge is 0.340 e. The molecule has 2 bridgehead atoms. The predicted octanol–water partition coefficient (Wildman–Crippen LogP) is 5.93. The molecular formula is C31H56N4O2. The molecule has 1 saturated carbocycles. The summed E-state index contributed by atoms with van der Waals surface area (Å²) in [6.45, 7) is 19.9. The second-order valence-corrected chi connectivity index (χ2v) is 13.7. The third-order valence-electron chi connectivity index (χ3n) is 9.14. The second kappa shape index (κ2) is 13.5. The zero-order valence-corrected chi connectivity index (χ0v) is 24.9. The molecule has 0 aromatic heterocycles. The number of urea groups is 1. The molecule has 2 fully saturated rings. The molecule has 1 saturated heterocycles. The molecule has 1 heterocycles. The zero-order valence-electron chi connectivity index (χ0n) is 24.9. The lowest BCUT2D eigenvalue weighted by Crippen LogP contribution is -2.53. The van der Waals surface area contributed by atoms with Crippen LogP contribution in [0.15, 0.2) is 11.6 Å². The first-order chi connectivity index (χ1) is 17.5. The number of amides is 3. The monoisotopic (exact) mass is 516 g/mol. The van der Waals surface area contributed by atoms with Crippen molar-refractivity contribution in [3.8, 4) is 0 Å². The molecular weight excluding hydrogens is 460 g/mol. The van der Waals surface area contributed by atoms with Gasteiger partial charge < -0.3 is 15.1 Å². The number of allylic oxidation sites excluding steroid dienone is 1. The maximum atomic E-state index is 13.3. The number of hydrogen-bond acceptors (Lipinski definition) is 3. The van der Waals surface area contributed by atoms with E-state index in [1.807, 2.05) is 4.90 Å². The Balaban J connectivity index is 1.49. The van der Waals surface area contributed by atoms with E-state index in [1.165, 1.54) is 44.1 Å². The summed E-state index contributed by atoms with van der Waals surface area (Å²) >= 11 is 0. The van der Waals surface area contributed by atoms with Crippen LogP contribution in [0.4, 0.5) is 4.79 Å². The predicted molar refractivity (Wildman–Crippen MR) is 154 cm³/mol. The van der Waals surface area contributed by atoms with E-state index in [4.69, 9.17) is 0 Å². The van der Waals surface area contributed by atoms with Crippen LogP contribution < -0.4 is 5.32 Å². The quantitative estimate of drug-likeness (QED) is 0.244. The van der Waals surface area contributed by atoms with Crippen LogP contribution >= 0.6 is 0 Å². The lowest BCUT2D eigenvalue weighted by Gasteiger charge is -2.57. The van der Waals surface area contributed by atoms with Crippen LogP contribution in [0.25, 0.3) is 0 Å². The molecule has 2 atom stereocenters. The molecule has 1 N–H and O–H groups in total. The number of nitrogens with one attached hydrogen (secondary N) is 1. The second-order valence-electron chi connectivity index (χ2n) is 13.7. The van der Waals surface area contributed by atoms with Crippen molar-refractivity contribution >= 4 is 11.9 Å². The summed E-state index contributed by atoms with van der Waals surface area (Å²) in [7, 11) is 0. The average molecular weight is 517 g/mol. The van der Waals surface area contributed by atoms with Gasteiger partial charge in [-0.1, -0.05) is 85.3 Å². The van der Waals surface area contributed by atoms with Gasteiger partial charge in [-0.15, -0.1) is 0 Å². The van der Waals surface area contributed by atoms with E-state index in [0.29, 0.717) is 17.8 Å². The number of fused-ring (bicyclic) bond motifs is 1. The first-order valence-corrected chi connectivity index (χ1v) is 15.2. The summed E-state index contributed by atoms with van der Waals surface area (Å²) in [5.74, 6) is 1.71. The minimum atomic E-state index is 0.0282. The van der Waals surface area contributed by atoms with Gasteiger partial charge in [-0.3, -0.25) is 9.69 Å². The topological polar surface area (TPSA) is 55.9 Å². The Hall–Kier alpha value is -1.56. The Morgan fingerprint density at radius 1 is 1.05 bits per heavy atom. The van der Waals surface area contributed by atoms with Gasteiger partial charge >= 0.3 is 6.03 Å². The van der Waals surface area contributed by atoms with Gasteiger partial charge in [0.15, 0.2) is 0 Å². The van der Waals surface area contributed by atoms with E-state index in [-0.39, 0.29) is 17.4 Å². The summed E-state index contributed by atoms with van der Waals surface area (Å²) in [6, 6.07) is 0.0905. The van der Waals surface area contributed by atoms with Gasteiger partial charge in [0.2, 0.25) is 5.91 Å². The van der Waals surface area contributed by atoms with Gasteiger partial charge in [-0.25, -0.2) is 4.79 Å². The van der Waals surface area contributed by atoms with Crippen molar-refractivity contribution in [1.29, 1.82) is 0 Å². The molecule has 0 aromatic carbocycles. The van der Waals surface area contributed by atoms with E-state index in [9.17, 15) is 9.59 Å². The molecule has 1 aliphatic heterocycles. The molecule has 0 radical (unpaired) electrons. The highest BCUT2D eigenvalue weighted by Gasteiger charge is 2.51. The summed E-state index contributed by atoms with van der Waals surface area (Å²) in [5, 5.41) is 3.23. The Kier molecular flexibility index (Phi) is 10.9. The van der Waals surface area contributed by atoms with Crippen LogP contribution in [-0.4, -0.2) is 79.0 Å². The number of unbranched alkanes of at least 4 members (excludes halogenated alkanes) is 5. The maximum absolute atomic E-state index is 13.3. The van der Waals surface area contributed by atoms with Crippen molar-refractivity contribution in [2.24, 2.45) is 22.7 Å². The Morgan fingerprint density at radius 3 is 2.35 bits per heavy atom. The smallest absolute Gasteiger partial charge is 0.317 e. The van der Waals surface area contributed by atoms with E-state index in [0.717, 1.165) is 71.1 Å². The lowest BCUT2D eigenvalue weighted by atomic mass is 9.49. The van der Waals surface area contributed by atoms with Gasteiger partial charge in [0.25, 0.3) is 0 Å². The summed E-state index contributed by atoms with van der Waals surface area (Å²) in [4.78, 5) is 32.4. The molecule has 0 aromatic rings. The number of carbonyl (C=O) groups is 2. The van der Waals surface area contributed by atoms with Crippen molar-refractivity contribution in [2.75, 3.05) is 52.4 Å². The van der Waals surface area contributed by atoms with Crippen molar-refractivity contribution in [3.05, 3.63) is 11.6 Å². The molecule has 3 aliphatic carbocycles. The molecule has 4 rings (SSSR count). The summed E-state index contributed by atoms with van der Waals surface area (Å²) in [6.07, 6.45) is 12.9. The number of nitrogens with zero attached hydrogens (tertiary/aromatic N) is 3. The first kappa shape index (κ1) is 30.0. The standard InChI is InChI=1S/C31H56N4O2/c1-7-8-9-10-11-12-15-32-29(37)35(24-25-13-14-26-22-27(25)31(26,5)6)21-18-33-16-19-34(20-17-33)28(36)23-30(2,3)4/h13,26-27H,7-12,14-24H2,1-6H3,(H,32,37). The van der Waals surface area contributed by atoms with Crippen molar-refractivity contribution < 1.29 is 9.59 Å².